The van der Waals surface area contributed by atoms with Crippen molar-refractivity contribution in [2.24, 2.45) is 5.92 Å². The maximum atomic E-state index is 3.46. The highest BCUT2D eigenvalue weighted by Gasteiger charge is 2.25. The number of hydrogen-bond donors (Lipinski definition) is 1. The number of hydrogen-bond acceptors (Lipinski definition) is 3. The first-order chi connectivity index (χ1) is 7.77. The van der Waals surface area contributed by atoms with E-state index in [1.54, 1.807) is 4.88 Å². The molecule has 1 fully saturated rings. The Morgan fingerprint density at radius 1 is 1.44 bits per heavy atom. The molecule has 2 nitrogen and oxygen atoms in total. The smallest absolute Gasteiger partial charge is 0.00917 e. The molecule has 16 heavy (non-hydrogen) atoms. The molecule has 0 aromatic carbocycles. The van der Waals surface area contributed by atoms with Gasteiger partial charge in [-0.25, -0.2) is 0 Å². The molecule has 1 aliphatic heterocycles. The molecule has 0 aliphatic carbocycles. The molecule has 90 valence electrons. The molecule has 2 rings (SSSR count). The highest BCUT2D eigenvalue weighted by Crippen LogP contribution is 2.33. The van der Waals surface area contributed by atoms with Gasteiger partial charge < -0.3 is 10.2 Å². The van der Waals surface area contributed by atoms with Crippen LogP contribution in [0.5, 0.6) is 0 Å². The molecule has 0 bridgehead atoms. The summed E-state index contributed by atoms with van der Waals surface area (Å²) in [5, 5.41) is 5.67. The van der Waals surface area contributed by atoms with Gasteiger partial charge in [0.2, 0.25) is 0 Å². The summed E-state index contributed by atoms with van der Waals surface area (Å²) in [5.74, 6) is 1.60. The summed E-state index contributed by atoms with van der Waals surface area (Å²) in [6.07, 6.45) is 2.66. The van der Waals surface area contributed by atoms with Crippen LogP contribution in [0.3, 0.4) is 0 Å². The van der Waals surface area contributed by atoms with E-state index in [0.29, 0.717) is 0 Å². The van der Waals surface area contributed by atoms with Gasteiger partial charge in [0.1, 0.15) is 0 Å². The second kappa shape index (κ2) is 5.80. The topological polar surface area (TPSA) is 15.3 Å². The predicted octanol–water partition coefficient (Wildman–Crippen LogP) is 2.39. The fraction of sp³-hybridized carbons (Fsp3) is 0.692. The molecule has 1 aromatic heterocycles. The van der Waals surface area contributed by atoms with Crippen LogP contribution in [0.25, 0.3) is 0 Å². The first kappa shape index (κ1) is 12.1. The molecule has 0 saturated carbocycles. The molecule has 1 aromatic rings. The van der Waals surface area contributed by atoms with E-state index in [9.17, 15) is 0 Å². The lowest BCUT2D eigenvalue weighted by atomic mass is 9.83. The van der Waals surface area contributed by atoms with Crippen LogP contribution in [0, 0.1) is 5.92 Å². The summed E-state index contributed by atoms with van der Waals surface area (Å²) >= 11 is 1.92. The third kappa shape index (κ3) is 3.06. The van der Waals surface area contributed by atoms with Crippen molar-refractivity contribution in [2.75, 3.05) is 33.7 Å². The molecule has 1 atom stereocenters. The number of nitrogens with one attached hydrogen (secondary N) is 1. The van der Waals surface area contributed by atoms with Gasteiger partial charge in [-0.15, -0.1) is 11.3 Å². The van der Waals surface area contributed by atoms with Crippen LogP contribution in [0.15, 0.2) is 17.5 Å². The van der Waals surface area contributed by atoms with Gasteiger partial charge in [0.05, 0.1) is 0 Å². The second-order valence-electron chi connectivity index (χ2n) is 4.97. The first-order valence-corrected chi connectivity index (χ1v) is 7.04. The Hall–Kier alpha value is -0.380. The Morgan fingerprint density at radius 3 is 2.75 bits per heavy atom. The summed E-state index contributed by atoms with van der Waals surface area (Å²) in [6, 6.07) is 4.49. The second-order valence-corrected chi connectivity index (χ2v) is 5.95. The van der Waals surface area contributed by atoms with E-state index in [4.69, 9.17) is 0 Å². The van der Waals surface area contributed by atoms with Gasteiger partial charge in [0.25, 0.3) is 0 Å². The predicted molar refractivity (Wildman–Crippen MR) is 71.2 cm³/mol. The lowest BCUT2D eigenvalue weighted by Crippen LogP contribution is -2.34. The first-order valence-electron chi connectivity index (χ1n) is 6.16. The average molecular weight is 238 g/mol. The van der Waals surface area contributed by atoms with Crippen molar-refractivity contribution in [3.05, 3.63) is 22.4 Å². The van der Waals surface area contributed by atoms with E-state index in [2.05, 4.69) is 41.8 Å². The normalized spacial score (nSPS) is 20.2. The van der Waals surface area contributed by atoms with Crippen molar-refractivity contribution in [3.63, 3.8) is 0 Å². The van der Waals surface area contributed by atoms with Crippen molar-refractivity contribution in [1.29, 1.82) is 0 Å². The van der Waals surface area contributed by atoms with Gasteiger partial charge in [-0.05, 0) is 57.4 Å². The van der Waals surface area contributed by atoms with Gasteiger partial charge >= 0.3 is 0 Å². The number of likely N-dealkylation sites (N-methyl/N-ethyl adjacent to an activating group) is 1. The molecule has 1 N–H and O–H groups in total. The number of thiophene rings is 1. The Labute approximate surface area is 103 Å². The van der Waals surface area contributed by atoms with Crippen LogP contribution < -0.4 is 5.32 Å². The third-order valence-electron chi connectivity index (χ3n) is 3.42. The summed E-state index contributed by atoms with van der Waals surface area (Å²) in [7, 11) is 4.36. The highest BCUT2D eigenvalue weighted by molar-refractivity contribution is 7.10. The molecule has 0 radical (unpaired) electrons. The van der Waals surface area contributed by atoms with E-state index in [1.807, 2.05) is 11.3 Å². The van der Waals surface area contributed by atoms with Crippen LogP contribution in [0.1, 0.15) is 23.6 Å². The molecule has 1 aliphatic rings. The standard InChI is InChI=1S/C13H22N2S/c1-15(2)10-12(13-4-3-9-16-13)11-5-7-14-8-6-11/h3-4,9,11-12,14H,5-8,10H2,1-2H3. The highest BCUT2D eigenvalue weighted by atomic mass is 32.1. The molecule has 1 unspecified atom stereocenters. The minimum absolute atomic E-state index is 0.733. The quantitative estimate of drug-likeness (QED) is 0.866. The van der Waals surface area contributed by atoms with Crippen molar-refractivity contribution >= 4 is 11.3 Å². The fourth-order valence-corrected chi connectivity index (χ4v) is 3.53. The Morgan fingerprint density at radius 2 is 2.19 bits per heavy atom. The Bertz CT molecular complexity index is 289. The maximum Gasteiger partial charge on any atom is 0.00917 e. The van der Waals surface area contributed by atoms with Gasteiger partial charge in [0.15, 0.2) is 0 Å². The van der Waals surface area contributed by atoms with E-state index in [1.165, 1.54) is 32.5 Å². The van der Waals surface area contributed by atoms with Crippen molar-refractivity contribution in [3.8, 4) is 0 Å². The number of rotatable bonds is 4. The molecule has 0 spiro atoms. The lowest BCUT2D eigenvalue weighted by molar-refractivity contribution is 0.264. The molecule has 2 heterocycles. The van der Waals surface area contributed by atoms with Crippen LogP contribution in [-0.2, 0) is 0 Å². The zero-order valence-electron chi connectivity index (χ0n) is 10.3. The molecule has 3 heteroatoms. The van der Waals surface area contributed by atoms with E-state index in [0.717, 1.165) is 11.8 Å². The van der Waals surface area contributed by atoms with Crippen molar-refractivity contribution in [2.45, 2.75) is 18.8 Å². The number of nitrogens with zero attached hydrogens (tertiary/aromatic N) is 1. The minimum atomic E-state index is 0.733. The summed E-state index contributed by atoms with van der Waals surface area (Å²) < 4.78 is 0. The van der Waals surface area contributed by atoms with E-state index in [-0.39, 0.29) is 0 Å². The summed E-state index contributed by atoms with van der Waals surface area (Å²) in [5.41, 5.74) is 0. The average Bonchev–Trinajstić information content (AvgIpc) is 2.80. The Balaban J connectivity index is 2.07. The summed E-state index contributed by atoms with van der Waals surface area (Å²) in [6.45, 7) is 3.57. The molecular formula is C13H22N2S. The fourth-order valence-electron chi connectivity index (χ4n) is 2.61. The zero-order valence-corrected chi connectivity index (χ0v) is 11.1. The Kier molecular flexibility index (Phi) is 4.38. The monoisotopic (exact) mass is 238 g/mol. The van der Waals surface area contributed by atoms with Crippen LogP contribution in [0.4, 0.5) is 0 Å². The van der Waals surface area contributed by atoms with Gasteiger partial charge in [-0.3, -0.25) is 0 Å². The molecule has 1 saturated heterocycles. The van der Waals surface area contributed by atoms with Crippen LogP contribution in [0.2, 0.25) is 0 Å². The molecule has 0 amide bonds. The van der Waals surface area contributed by atoms with Crippen molar-refractivity contribution < 1.29 is 0 Å². The molecular weight excluding hydrogens is 216 g/mol. The van der Waals surface area contributed by atoms with Crippen molar-refractivity contribution in [1.82, 2.24) is 10.2 Å². The van der Waals surface area contributed by atoms with Gasteiger partial charge in [0, 0.05) is 17.3 Å². The maximum absolute atomic E-state index is 3.46. The van der Waals surface area contributed by atoms with E-state index >= 15 is 0 Å². The SMILES string of the molecule is CN(C)CC(c1cccs1)C1CCNCC1. The van der Waals surface area contributed by atoms with Crippen LogP contribution in [-0.4, -0.2) is 38.6 Å². The zero-order chi connectivity index (χ0) is 11.4. The van der Waals surface area contributed by atoms with Gasteiger partial charge in [-0.1, -0.05) is 6.07 Å². The minimum Gasteiger partial charge on any atom is -0.317 e. The number of piperidine rings is 1. The summed E-state index contributed by atoms with van der Waals surface area (Å²) in [4.78, 5) is 3.90. The van der Waals surface area contributed by atoms with E-state index < -0.39 is 0 Å². The lowest BCUT2D eigenvalue weighted by Gasteiger charge is -2.32. The van der Waals surface area contributed by atoms with Gasteiger partial charge in [-0.2, -0.15) is 0 Å². The largest absolute Gasteiger partial charge is 0.317 e. The van der Waals surface area contributed by atoms with Crippen LogP contribution >= 0.6 is 11.3 Å². The third-order valence-corrected chi connectivity index (χ3v) is 4.43.